The number of ether oxygens (including phenoxy) is 2. The zero-order valence-electron chi connectivity index (χ0n) is 23.6. The van der Waals surface area contributed by atoms with Gasteiger partial charge in [-0.3, -0.25) is 4.79 Å². The molecular formula is C32H28F3N3O4S. The quantitative estimate of drug-likeness (QED) is 0.155. The first kappa shape index (κ1) is 28.7. The van der Waals surface area contributed by atoms with Crippen molar-refractivity contribution in [2.75, 3.05) is 6.26 Å². The zero-order valence-corrected chi connectivity index (χ0v) is 24.4. The first-order valence-electron chi connectivity index (χ1n) is 13.7. The lowest BCUT2D eigenvalue weighted by molar-refractivity contribution is -0.136. The average molecular weight is 608 g/mol. The molecule has 0 unspecified atom stereocenters. The molecule has 0 saturated heterocycles. The number of fused-ring (bicyclic) bond motifs is 2. The van der Waals surface area contributed by atoms with Crippen LogP contribution < -0.4 is 9.47 Å². The Kier molecular flexibility index (Phi) is 7.37. The second-order valence-electron chi connectivity index (χ2n) is 10.8. The van der Waals surface area contributed by atoms with Gasteiger partial charge in [-0.2, -0.15) is 4.39 Å². The fourth-order valence-electron chi connectivity index (χ4n) is 5.85. The van der Waals surface area contributed by atoms with Gasteiger partial charge in [0.25, 0.3) is 0 Å². The number of carbonyl (C=O) groups is 1. The largest absolute Gasteiger partial charge is 0.490 e. The Bertz CT molecular complexity index is 1870. The molecule has 0 radical (unpaired) electrons. The van der Waals surface area contributed by atoms with E-state index in [0.717, 1.165) is 16.8 Å². The smallest absolute Gasteiger partial charge is 0.303 e. The van der Waals surface area contributed by atoms with Crippen molar-refractivity contribution in [3.05, 3.63) is 89.1 Å². The molecule has 0 bridgehead atoms. The van der Waals surface area contributed by atoms with Crippen LogP contribution in [0.25, 0.3) is 22.3 Å². The molecule has 0 saturated carbocycles. The number of aromatic amines is 2. The monoisotopic (exact) mass is 607 g/mol. The summed E-state index contributed by atoms with van der Waals surface area (Å²) < 4.78 is 57.1. The fraction of sp³-hybridized carbons (Fsp3) is 0.250. The number of aliphatic carboxylic acids is 1. The summed E-state index contributed by atoms with van der Waals surface area (Å²) >= 11 is 1.21. The lowest BCUT2D eigenvalue weighted by Gasteiger charge is -2.39. The maximum Gasteiger partial charge on any atom is 0.303 e. The summed E-state index contributed by atoms with van der Waals surface area (Å²) in [5, 5.41) is 9.68. The number of nitrogens with zero attached hydrogens (tertiary/aromatic N) is 1. The van der Waals surface area contributed by atoms with Crippen LogP contribution in [0.3, 0.4) is 0 Å². The van der Waals surface area contributed by atoms with Gasteiger partial charge in [-0.25, -0.2) is 13.8 Å². The minimum atomic E-state index is -1.14. The topological polar surface area (TPSA) is 100 Å². The number of halogens is 3. The molecule has 2 atom stereocenters. The molecule has 222 valence electrons. The van der Waals surface area contributed by atoms with Gasteiger partial charge in [0.15, 0.2) is 11.6 Å². The summed E-state index contributed by atoms with van der Waals surface area (Å²) in [6, 6.07) is 11.3. The zero-order chi connectivity index (χ0) is 30.5. The standard InChI is InChI=1S/C32H28F3N3O4S/c1-16-14-32(2,21-6-4-5-17(28(21)41-16)7-10-24(39)40)23-15-37-31(38-23)20-13-18(8-9-22(20)33)42-29-26(35)25(34)27-19(11-12-36-27)30(29)43-3/h4-6,8-9,11-13,15-16,36H,7,10,14H2,1-3H3,(H,37,38)(H,39,40)/t16-,32+/m0/s1. The van der Waals surface area contributed by atoms with Gasteiger partial charge in [0, 0.05) is 40.9 Å². The number of aromatic nitrogens is 3. The number of H-pyrrole nitrogens is 2. The SMILES string of the molecule is CSc1c(Oc2ccc(F)c(-c3ncc([C@]4(C)C[C@H](C)Oc5c(CCC(=O)O)cccc54)[nH]3)c2)c(F)c(F)c2[nH]ccc12. The lowest BCUT2D eigenvalue weighted by Crippen LogP contribution is -2.36. The van der Waals surface area contributed by atoms with E-state index >= 15 is 8.78 Å². The highest BCUT2D eigenvalue weighted by atomic mass is 32.2. The molecule has 7 nitrogen and oxygen atoms in total. The van der Waals surface area contributed by atoms with E-state index < -0.39 is 28.8 Å². The van der Waals surface area contributed by atoms with Gasteiger partial charge < -0.3 is 24.5 Å². The van der Waals surface area contributed by atoms with Crippen molar-refractivity contribution in [3.8, 4) is 28.6 Å². The number of rotatable bonds is 8. The van der Waals surface area contributed by atoms with E-state index in [-0.39, 0.29) is 40.9 Å². The van der Waals surface area contributed by atoms with E-state index in [1.807, 2.05) is 32.0 Å². The van der Waals surface area contributed by atoms with Crippen LogP contribution in [0.15, 0.2) is 59.8 Å². The molecule has 5 aromatic rings. The number of hydrogen-bond acceptors (Lipinski definition) is 5. The molecule has 1 aliphatic rings. The molecular weight excluding hydrogens is 579 g/mol. The second-order valence-corrected chi connectivity index (χ2v) is 11.6. The van der Waals surface area contributed by atoms with E-state index in [9.17, 15) is 14.3 Å². The van der Waals surface area contributed by atoms with Gasteiger partial charge in [0.2, 0.25) is 5.82 Å². The van der Waals surface area contributed by atoms with Gasteiger partial charge >= 0.3 is 5.97 Å². The number of hydrogen-bond donors (Lipinski definition) is 3. The fourth-order valence-corrected chi connectivity index (χ4v) is 6.56. The third kappa shape index (κ3) is 5.01. The third-order valence-corrected chi connectivity index (χ3v) is 8.72. The van der Waals surface area contributed by atoms with Crippen LogP contribution >= 0.6 is 11.8 Å². The van der Waals surface area contributed by atoms with Crippen molar-refractivity contribution < 1.29 is 32.5 Å². The normalized spacial score (nSPS) is 18.0. The molecule has 43 heavy (non-hydrogen) atoms. The molecule has 1 aliphatic heterocycles. The molecule has 0 fully saturated rings. The first-order valence-corrected chi connectivity index (χ1v) is 14.9. The number of carboxylic acids is 1. The summed E-state index contributed by atoms with van der Waals surface area (Å²) in [6.07, 6.45) is 5.63. The Balaban J connectivity index is 1.36. The van der Waals surface area contributed by atoms with E-state index in [1.54, 1.807) is 18.5 Å². The molecule has 3 N–H and O–H groups in total. The van der Waals surface area contributed by atoms with Gasteiger partial charge in [-0.1, -0.05) is 18.2 Å². The molecule has 6 rings (SSSR count). The van der Waals surface area contributed by atoms with Crippen LogP contribution in [0.1, 0.15) is 43.5 Å². The van der Waals surface area contributed by atoms with E-state index in [1.165, 1.54) is 36.2 Å². The Morgan fingerprint density at radius 1 is 1.21 bits per heavy atom. The Hall–Kier alpha value is -4.38. The number of aryl methyl sites for hydroxylation is 1. The van der Waals surface area contributed by atoms with Crippen molar-refractivity contribution in [3.63, 3.8) is 0 Å². The van der Waals surface area contributed by atoms with Crippen LogP contribution in [0.2, 0.25) is 0 Å². The first-order chi connectivity index (χ1) is 20.6. The van der Waals surface area contributed by atoms with Crippen LogP contribution in [-0.2, 0) is 16.6 Å². The number of para-hydroxylation sites is 1. The number of thioether (sulfide) groups is 1. The maximum absolute atomic E-state index is 15.2. The van der Waals surface area contributed by atoms with Crippen molar-refractivity contribution in [2.24, 2.45) is 0 Å². The minimum absolute atomic E-state index is 0.0230. The van der Waals surface area contributed by atoms with Gasteiger partial charge in [-0.15, -0.1) is 11.8 Å². The molecule has 0 spiro atoms. The summed E-state index contributed by atoms with van der Waals surface area (Å²) in [7, 11) is 0. The van der Waals surface area contributed by atoms with Crippen LogP contribution in [0, 0.1) is 17.5 Å². The Labute approximate surface area is 249 Å². The number of carboxylic acid groups (broad SMARTS) is 1. The maximum atomic E-state index is 15.2. The van der Waals surface area contributed by atoms with E-state index in [4.69, 9.17) is 9.47 Å². The van der Waals surface area contributed by atoms with Crippen molar-refractivity contribution in [2.45, 2.75) is 49.5 Å². The molecule has 3 heterocycles. The number of nitrogens with one attached hydrogen (secondary N) is 2. The van der Waals surface area contributed by atoms with Crippen LogP contribution in [-0.4, -0.2) is 38.4 Å². The molecule has 3 aromatic carbocycles. The summed E-state index contributed by atoms with van der Waals surface area (Å²) in [5.41, 5.74) is 1.95. The van der Waals surface area contributed by atoms with Gasteiger partial charge in [0.1, 0.15) is 23.1 Å². The Morgan fingerprint density at radius 2 is 2.02 bits per heavy atom. The van der Waals surface area contributed by atoms with Crippen molar-refractivity contribution in [1.82, 2.24) is 15.0 Å². The number of benzene rings is 3. The molecule has 11 heteroatoms. The van der Waals surface area contributed by atoms with E-state index in [2.05, 4.69) is 15.0 Å². The minimum Gasteiger partial charge on any atom is -0.490 e. The molecule has 0 aliphatic carbocycles. The van der Waals surface area contributed by atoms with Crippen LogP contribution in [0.4, 0.5) is 13.2 Å². The molecule has 2 aromatic heterocycles. The average Bonchev–Trinajstić information content (AvgIpc) is 3.67. The predicted molar refractivity (Wildman–Crippen MR) is 158 cm³/mol. The lowest BCUT2D eigenvalue weighted by atomic mass is 9.73. The van der Waals surface area contributed by atoms with E-state index in [0.29, 0.717) is 28.9 Å². The van der Waals surface area contributed by atoms with Crippen molar-refractivity contribution in [1.29, 1.82) is 0 Å². The third-order valence-electron chi connectivity index (χ3n) is 7.91. The van der Waals surface area contributed by atoms with Crippen LogP contribution in [0.5, 0.6) is 17.2 Å². The second kappa shape index (κ2) is 11.0. The summed E-state index contributed by atoms with van der Waals surface area (Å²) in [4.78, 5) is 22.1. The predicted octanol–water partition coefficient (Wildman–Crippen LogP) is 7.98. The highest BCUT2D eigenvalue weighted by Gasteiger charge is 2.40. The summed E-state index contributed by atoms with van der Waals surface area (Å²) in [6.45, 7) is 3.99. The highest BCUT2D eigenvalue weighted by Crippen LogP contribution is 2.47. The highest BCUT2D eigenvalue weighted by molar-refractivity contribution is 7.99. The van der Waals surface area contributed by atoms with Gasteiger partial charge in [-0.05, 0) is 62.8 Å². The summed E-state index contributed by atoms with van der Waals surface area (Å²) in [5.74, 6) is -2.96. The van der Waals surface area contributed by atoms with Gasteiger partial charge in [0.05, 0.1) is 22.1 Å². The van der Waals surface area contributed by atoms with Crippen molar-refractivity contribution >= 4 is 28.6 Å². The Morgan fingerprint density at radius 3 is 2.79 bits per heavy atom. The number of imidazole rings is 1. The molecule has 0 amide bonds.